The van der Waals surface area contributed by atoms with Crippen LogP contribution in [-0.2, 0) is 11.3 Å². The zero-order valence-corrected chi connectivity index (χ0v) is 12.9. The number of benzene rings is 1. The van der Waals surface area contributed by atoms with Crippen molar-refractivity contribution in [3.8, 4) is 5.75 Å². The van der Waals surface area contributed by atoms with Gasteiger partial charge in [-0.3, -0.25) is 4.79 Å². The first-order valence-electron chi connectivity index (χ1n) is 7.17. The van der Waals surface area contributed by atoms with E-state index in [-0.39, 0.29) is 11.9 Å². The molecule has 1 amide bonds. The molecule has 1 aromatic rings. The first kappa shape index (κ1) is 16.5. The third kappa shape index (κ3) is 6.06. The topological polar surface area (TPSA) is 50.4 Å². The summed E-state index contributed by atoms with van der Waals surface area (Å²) in [7, 11) is 1.65. The van der Waals surface area contributed by atoms with Gasteiger partial charge in [-0.1, -0.05) is 26.0 Å². The van der Waals surface area contributed by atoms with Crippen LogP contribution in [0, 0.1) is 5.92 Å². The van der Waals surface area contributed by atoms with Crippen molar-refractivity contribution in [1.29, 1.82) is 0 Å². The Morgan fingerprint density at radius 3 is 2.40 bits per heavy atom. The van der Waals surface area contributed by atoms with Crippen molar-refractivity contribution < 1.29 is 9.53 Å². The molecule has 4 nitrogen and oxygen atoms in total. The van der Waals surface area contributed by atoms with Crippen LogP contribution >= 0.6 is 0 Å². The van der Waals surface area contributed by atoms with Gasteiger partial charge in [0.25, 0.3) is 0 Å². The highest BCUT2D eigenvalue weighted by Crippen LogP contribution is 2.11. The second kappa shape index (κ2) is 8.59. The molecule has 112 valence electrons. The molecule has 0 saturated heterocycles. The summed E-state index contributed by atoms with van der Waals surface area (Å²) in [5.74, 6) is 1.50. The fourth-order valence-electron chi connectivity index (χ4n) is 1.74. The van der Waals surface area contributed by atoms with E-state index in [0.717, 1.165) is 24.3 Å². The molecule has 1 rings (SSSR count). The first-order chi connectivity index (χ1) is 9.52. The molecule has 0 aliphatic carbocycles. The largest absolute Gasteiger partial charge is 0.497 e. The van der Waals surface area contributed by atoms with E-state index in [1.165, 1.54) is 0 Å². The maximum Gasteiger partial charge on any atom is 0.236 e. The van der Waals surface area contributed by atoms with Crippen molar-refractivity contribution in [2.24, 2.45) is 5.92 Å². The van der Waals surface area contributed by atoms with Crippen LogP contribution in [-0.4, -0.2) is 25.6 Å². The van der Waals surface area contributed by atoms with Crippen LogP contribution in [0.5, 0.6) is 5.75 Å². The van der Waals surface area contributed by atoms with Crippen molar-refractivity contribution in [2.45, 2.75) is 39.8 Å². The summed E-state index contributed by atoms with van der Waals surface area (Å²) in [6.07, 6.45) is 1.01. The summed E-state index contributed by atoms with van der Waals surface area (Å²) in [6.45, 7) is 7.59. The molecular weight excluding hydrogens is 252 g/mol. The number of carbonyl (C=O) groups is 1. The average molecular weight is 278 g/mol. The predicted molar refractivity (Wildman–Crippen MR) is 81.8 cm³/mol. The molecule has 4 heteroatoms. The minimum absolute atomic E-state index is 0.0548. The molecular formula is C16H26N2O2. The number of amides is 1. The average Bonchev–Trinajstić information content (AvgIpc) is 2.44. The van der Waals surface area contributed by atoms with E-state index in [2.05, 4.69) is 24.5 Å². The summed E-state index contributed by atoms with van der Waals surface area (Å²) in [5, 5.41) is 6.17. The lowest BCUT2D eigenvalue weighted by molar-refractivity contribution is -0.122. The quantitative estimate of drug-likeness (QED) is 0.767. The minimum atomic E-state index is -0.190. The molecule has 1 unspecified atom stereocenters. The second-order valence-corrected chi connectivity index (χ2v) is 5.42. The highest BCUT2D eigenvalue weighted by atomic mass is 16.5. The maximum atomic E-state index is 11.9. The van der Waals surface area contributed by atoms with Gasteiger partial charge in [0.15, 0.2) is 0 Å². The van der Waals surface area contributed by atoms with Gasteiger partial charge in [-0.25, -0.2) is 0 Å². The van der Waals surface area contributed by atoms with E-state index in [4.69, 9.17) is 4.74 Å². The Morgan fingerprint density at radius 1 is 1.20 bits per heavy atom. The van der Waals surface area contributed by atoms with Crippen LogP contribution in [0.4, 0.5) is 0 Å². The number of methoxy groups -OCH3 is 1. The number of rotatable bonds is 8. The molecule has 0 fully saturated rings. The van der Waals surface area contributed by atoms with Gasteiger partial charge >= 0.3 is 0 Å². The maximum absolute atomic E-state index is 11.9. The van der Waals surface area contributed by atoms with Crippen LogP contribution in [0.15, 0.2) is 24.3 Å². The van der Waals surface area contributed by atoms with E-state index < -0.39 is 0 Å². The second-order valence-electron chi connectivity index (χ2n) is 5.42. The van der Waals surface area contributed by atoms with E-state index in [0.29, 0.717) is 12.5 Å². The van der Waals surface area contributed by atoms with Gasteiger partial charge in [-0.15, -0.1) is 0 Å². The van der Waals surface area contributed by atoms with Crippen molar-refractivity contribution in [2.75, 3.05) is 13.7 Å². The fourth-order valence-corrected chi connectivity index (χ4v) is 1.74. The number of nitrogens with one attached hydrogen (secondary N) is 2. The molecule has 2 N–H and O–H groups in total. The molecule has 0 saturated carbocycles. The van der Waals surface area contributed by atoms with Crippen LogP contribution in [0.2, 0.25) is 0 Å². The van der Waals surface area contributed by atoms with Gasteiger partial charge in [0.2, 0.25) is 5.91 Å². The summed E-state index contributed by atoms with van der Waals surface area (Å²) in [6, 6.07) is 7.64. The summed E-state index contributed by atoms with van der Waals surface area (Å²) < 4.78 is 5.11. The Hall–Kier alpha value is -1.55. The molecule has 0 aromatic heterocycles. The van der Waals surface area contributed by atoms with Crippen molar-refractivity contribution in [1.82, 2.24) is 10.6 Å². The van der Waals surface area contributed by atoms with Gasteiger partial charge in [0.05, 0.1) is 13.2 Å². The summed E-state index contributed by atoms with van der Waals surface area (Å²) >= 11 is 0. The summed E-state index contributed by atoms with van der Waals surface area (Å²) in [4.78, 5) is 11.9. The third-order valence-corrected chi connectivity index (χ3v) is 3.19. The lowest BCUT2D eigenvalue weighted by atomic mass is 10.1. The number of hydrogen-bond acceptors (Lipinski definition) is 3. The van der Waals surface area contributed by atoms with Crippen LogP contribution in [0.3, 0.4) is 0 Å². The molecule has 1 aromatic carbocycles. The molecule has 1 atom stereocenters. The molecule has 0 aliphatic heterocycles. The molecule has 0 spiro atoms. The standard InChI is InChI=1S/C16H26N2O2/c1-12(2)9-10-17-16(19)13(3)18-11-14-5-7-15(20-4)8-6-14/h5-8,12-13,18H,9-11H2,1-4H3,(H,17,19). The highest BCUT2D eigenvalue weighted by Gasteiger charge is 2.11. The Morgan fingerprint density at radius 2 is 1.85 bits per heavy atom. The Bertz CT molecular complexity index is 401. The Balaban J connectivity index is 2.30. The smallest absolute Gasteiger partial charge is 0.236 e. The Labute approximate surface area is 121 Å². The molecule has 0 aliphatic rings. The molecule has 0 bridgehead atoms. The number of hydrogen-bond donors (Lipinski definition) is 2. The Kier molecular flexibility index (Phi) is 7.09. The monoisotopic (exact) mass is 278 g/mol. The van der Waals surface area contributed by atoms with E-state index in [9.17, 15) is 4.79 Å². The van der Waals surface area contributed by atoms with Gasteiger partial charge in [0, 0.05) is 13.1 Å². The molecule has 0 radical (unpaired) electrons. The zero-order valence-electron chi connectivity index (χ0n) is 12.9. The van der Waals surface area contributed by atoms with Gasteiger partial charge < -0.3 is 15.4 Å². The number of carbonyl (C=O) groups excluding carboxylic acids is 1. The lowest BCUT2D eigenvalue weighted by Crippen LogP contribution is -2.42. The van der Waals surface area contributed by atoms with Crippen LogP contribution < -0.4 is 15.4 Å². The van der Waals surface area contributed by atoms with Crippen LogP contribution in [0.1, 0.15) is 32.8 Å². The minimum Gasteiger partial charge on any atom is -0.497 e. The van der Waals surface area contributed by atoms with Crippen molar-refractivity contribution >= 4 is 5.91 Å². The SMILES string of the molecule is COc1ccc(CNC(C)C(=O)NCCC(C)C)cc1. The highest BCUT2D eigenvalue weighted by molar-refractivity contribution is 5.81. The molecule has 0 heterocycles. The van der Waals surface area contributed by atoms with Crippen LogP contribution in [0.25, 0.3) is 0 Å². The fraction of sp³-hybridized carbons (Fsp3) is 0.562. The van der Waals surface area contributed by atoms with Crippen molar-refractivity contribution in [3.05, 3.63) is 29.8 Å². The first-order valence-corrected chi connectivity index (χ1v) is 7.17. The lowest BCUT2D eigenvalue weighted by Gasteiger charge is -2.15. The normalized spacial score (nSPS) is 12.2. The van der Waals surface area contributed by atoms with E-state index in [1.54, 1.807) is 7.11 Å². The number of ether oxygens (including phenoxy) is 1. The molecule has 20 heavy (non-hydrogen) atoms. The zero-order chi connectivity index (χ0) is 15.0. The van der Waals surface area contributed by atoms with Gasteiger partial charge in [0.1, 0.15) is 5.75 Å². The summed E-state index contributed by atoms with van der Waals surface area (Å²) in [5.41, 5.74) is 1.13. The van der Waals surface area contributed by atoms with Gasteiger partial charge in [-0.2, -0.15) is 0 Å². The van der Waals surface area contributed by atoms with Crippen molar-refractivity contribution in [3.63, 3.8) is 0 Å². The van der Waals surface area contributed by atoms with E-state index in [1.807, 2.05) is 31.2 Å². The predicted octanol–water partition coefficient (Wildman–Crippen LogP) is 2.34. The third-order valence-electron chi connectivity index (χ3n) is 3.19. The van der Waals surface area contributed by atoms with Gasteiger partial charge in [-0.05, 0) is 37.0 Å². The van der Waals surface area contributed by atoms with E-state index >= 15 is 0 Å².